The van der Waals surface area contributed by atoms with E-state index in [-0.39, 0.29) is 17.9 Å². The molecule has 0 aliphatic heterocycles. The summed E-state index contributed by atoms with van der Waals surface area (Å²) in [7, 11) is 1.67. The molecule has 1 aliphatic rings. The third-order valence-corrected chi connectivity index (χ3v) is 7.26. The van der Waals surface area contributed by atoms with Crippen molar-refractivity contribution in [3.05, 3.63) is 76.7 Å². The molecule has 160 valence electrons. The van der Waals surface area contributed by atoms with Crippen molar-refractivity contribution in [1.29, 1.82) is 0 Å². The molecule has 1 fully saturated rings. The Morgan fingerprint density at radius 1 is 1.25 bits per heavy atom. The monoisotopic (exact) mass is 444 g/mol. The minimum Gasteiger partial charge on any atom is -0.506 e. The molecule has 6 rings (SSSR count). The number of hydrogen-bond acceptors (Lipinski definition) is 6. The maximum atomic E-state index is 13.9. The highest BCUT2D eigenvalue weighted by Crippen LogP contribution is 2.46. The molecule has 1 N–H and O–H groups in total. The summed E-state index contributed by atoms with van der Waals surface area (Å²) in [6.45, 7) is 0.274. The summed E-state index contributed by atoms with van der Waals surface area (Å²) in [5.74, 6) is 2.08. The zero-order chi connectivity index (χ0) is 21.8. The second-order valence-electron chi connectivity index (χ2n) is 8.11. The predicted molar refractivity (Wildman–Crippen MR) is 125 cm³/mol. The molecule has 7 heteroatoms. The standard InChI is InChI=1S/C25H20N2O4S/c1-30-15-7-8-17(19(9-15)14-5-6-14)20-10-22-23(18-3-2-4-21(28)24(18)32-22)25(29)27(20)12-16-11-26-13-31-16/h2-4,7-11,13-14,28H,5-6,12H2,1H3. The van der Waals surface area contributed by atoms with Gasteiger partial charge in [-0.2, -0.15) is 0 Å². The number of nitrogens with zero attached hydrogens (tertiary/aromatic N) is 2. The Hall–Kier alpha value is -3.58. The molecule has 0 bridgehead atoms. The summed E-state index contributed by atoms with van der Waals surface area (Å²) in [5, 5.41) is 11.8. The van der Waals surface area contributed by atoms with Crippen molar-refractivity contribution >= 4 is 31.5 Å². The number of ether oxygens (including phenoxy) is 1. The Bertz CT molecular complexity index is 1530. The van der Waals surface area contributed by atoms with Crippen LogP contribution in [0.15, 0.2) is 64.3 Å². The van der Waals surface area contributed by atoms with Crippen LogP contribution in [-0.4, -0.2) is 21.8 Å². The molecule has 2 aromatic carbocycles. The van der Waals surface area contributed by atoms with Gasteiger partial charge < -0.3 is 14.3 Å². The van der Waals surface area contributed by atoms with Crippen LogP contribution in [0.1, 0.15) is 30.1 Å². The van der Waals surface area contributed by atoms with E-state index >= 15 is 0 Å². The average Bonchev–Trinajstić information content (AvgIpc) is 3.38. The van der Waals surface area contributed by atoms with Gasteiger partial charge in [0.25, 0.3) is 5.56 Å². The fraction of sp³-hybridized carbons (Fsp3) is 0.200. The van der Waals surface area contributed by atoms with Crippen molar-refractivity contribution in [2.24, 2.45) is 0 Å². The van der Waals surface area contributed by atoms with Crippen molar-refractivity contribution in [3.63, 3.8) is 0 Å². The number of aromatic nitrogens is 2. The van der Waals surface area contributed by atoms with Crippen molar-refractivity contribution in [2.75, 3.05) is 7.11 Å². The third kappa shape index (κ3) is 3.00. The fourth-order valence-corrected chi connectivity index (χ4v) is 5.52. The van der Waals surface area contributed by atoms with Crippen LogP contribution in [-0.2, 0) is 6.54 Å². The molecule has 32 heavy (non-hydrogen) atoms. The van der Waals surface area contributed by atoms with Crippen molar-refractivity contribution in [2.45, 2.75) is 25.3 Å². The van der Waals surface area contributed by atoms with E-state index in [0.29, 0.717) is 17.1 Å². The second-order valence-corrected chi connectivity index (χ2v) is 9.16. The van der Waals surface area contributed by atoms with Crippen LogP contribution >= 0.6 is 11.3 Å². The highest BCUT2D eigenvalue weighted by Gasteiger charge is 2.28. The number of phenols is 1. The minimum absolute atomic E-state index is 0.108. The first-order valence-corrected chi connectivity index (χ1v) is 11.3. The molecule has 0 radical (unpaired) electrons. The molecule has 3 heterocycles. The lowest BCUT2D eigenvalue weighted by Gasteiger charge is -2.17. The molecule has 5 aromatic rings. The largest absolute Gasteiger partial charge is 0.506 e. The fourth-order valence-electron chi connectivity index (χ4n) is 4.38. The third-order valence-electron chi connectivity index (χ3n) is 6.09. The van der Waals surface area contributed by atoms with Crippen LogP contribution < -0.4 is 10.3 Å². The van der Waals surface area contributed by atoms with E-state index in [9.17, 15) is 9.90 Å². The lowest BCUT2D eigenvalue weighted by Crippen LogP contribution is -2.22. The molecule has 0 unspecified atom stereocenters. The molecule has 1 aliphatic carbocycles. The lowest BCUT2D eigenvalue weighted by molar-refractivity contribution is 0.414. The maximum Gasteiger partial charge on any atom is 0.260 e. The molecule has 0 spiro atoms. The molecule has 0 atom stereocenters. The van der Waals surface area contributed by atoms with E-state index in [4.69, 9.17) is 9.15 Å². The smallest absolute Gasteiger partial charge is 0.260 e. The van der Waals surface area contributed by atoms with Gasteiger partial charge in [0, 0.05) is 15.6 Å². The van der Waals surface area contributed by atoms with E-state index in [1.54, 1.807) is 30.0 Å². The number of methoxy groups -OCH3 is 1. The molecule has 0 saturated heterocycles. The molecular formula is C25H20N2O4S. The second kappa shape index (κ2) is 7.24. The highest BCUT2D eigenvalue weighted by atomic mass is 32.1. The van der Waals surface area contributed by atoms with Gasteiger partial charge in [0.1, 0.15) is 17.3 Å². The van der Waals surface area contributed by atoms with E-state index in [0.717, 1.165) is 44.6 Å². The van der Waals surface area contributed by atoms with Crippen molar-refractivity contribution < 1.29 is 14.3 Å². The van der Waals surface area contributed by atoms with E-state index < -0.39 is 0 Å². The van der Waals surface area contributed by atoms with Gasteiger partial charge in [-0.1, -0.05) is 12.1 Å². The van der Waals surface area contributed by atoms with Gasteiger partial charge in [0.05, 0.1) is 35.6 Å². The quantitative estimate of drug-likeness (QED) is 0.387. The van der Waals surface area contributed by atoms with Crippen molar-refractivity contribution in [3.8, 4) is 22.8 Å². The number of phenolic OH excluding ortho intramolecular Hbond substituents is 1. The summed E-state index contributed by atoms with van der Waals surface area (Å²) >= 11 is 1.44. The van der Waals surface area contributed by atoms with E-state index in [1.807, 2.05) is 18.2 Å². The summed E-state index contributed by atoms with van der Waals surface area (Å²) in [4.78, 5) is 17.9. The van der Waals surface area contributed by atoms with Gasteiger partial charge in [-0.05, 0) is 54.7 Å². The van der Waals surface area contributed by atoms with Crippen LogP contribution in [0.2, 0.25) is 0 Å². The summed E-state index contributed by atoms with van der Waals surface area (Å²) in [6.07, 6.45) is 5.27. The topological polar surface area (TPSA) is 77.5 Å². The number of pyridine rings is 1. The minimum atomic E-state index is -0.108. The molecule has 1 saturated carbocycles. The first kappa shape index (κ1) is 19.1. The number of oxazole rings is 1. The number of hydrogen-bond donors (Lipinski definition) is 1. The number of aromatic hydroxyl groups is 1. The van der Waals surface area contributed by atoms with Crippen molar-refractivity contribution in [1.82, 2.24) is 9.55 Å². The van der Waals surface area contributed by atoms with Crippen LogP contribution in [0.3, 0.4) is 0 Å². The first-order chi connectivity index (χ1) is 15.6. The van der Waals surface area contributed by atoms with Gasteiger partial charge in [-0.15, -0.1) is 11.3 Å². The van der Waals surface area contributed by atoms with E-state index in [1.165, 1.54) is 23.3 Å². The van der Waals surface area contributed by atoms with Crippen LogP contribution in [0, 0.1) is 0 Å². The summed E-state index contributed by atoms with van der Waals surface area (Å²) in [5.41, 5.74) is 2.93. The van der Waals surface area contributed by atoms with Gasteiger partial charge in [0.2, 0.25) is 0 Å². The number of rotatable bonds is 5. The summed E-state index contributed by atoms with van der Waals surface area (Å²) < 4.78 is 14.3. The van der Waals surface area contributed by atoms with Crippen LogP contribution in [0.25, 0.3) is 31.4 Å². The van der Waals surface area contributed by atoms with Gasteiger partial charge in [0.15, 0.2) is 6.39 Å². The summed E-state index contributed by atoms with van der Waals surface area (Å²) in [6, 6.07) is 13.4. The Morgan fingerprint density at radius 3 is 2.88 bits per heavy atom. The predicted octanol–water partition coefficient (Wildman–Crippen LogP) is 5.51. The molecule has 0 amide bonds. The number of thiophene rings is 1. The highest BCUT2D eigenvalue weighted by molar-refractivity contribution is 7.26. The number of benzene rings is 2. The molecule has 6 nitrogen and oxygen atoms in total. The Labute approximate surface area is 187 Å². The van der Waals surface area contributed by atoms with Gasteiger partial charge in [-0.25, -0.2) is 4.98 Å². The zero-order valence-electron chi connectivity index (χ0n) is 17.4. The zero-order valence-corrected chi connectivity index (χ0v) is 18.2. The van der Waals surface area contributed by atoms with Gasteiger partial charge >= 0.3 is 0 Å². The number of fused-ring (bicyclic) bond motifs is 3. The van der Waals surface area contributed by atoms with Crippen LogP contribution in [0.4, 0.5) is 0 Å². The first-order valence-electron chi connectivity index (χ1n) is 10.5. The van der Waals surface area contributed by atoms with Crippen LogP contribution in [0.5, 0.6) is 11.5 Å². The Morgan fingerprint density at radius 2 is 2.12 bits per heavy atom. The molecular weight excluding hydrogens is 424 g/mol. The van der Waals surface area contributed by atoms with Gasteiger partial charge in [-0.3, -0.25) is 9.36 Å². The molecule has 3 aromatic heterocycles. The lowest BCUT2D eigenvalue weighted by atomic mass is 9.98. The Kier molecular flexibility index (Phi) is 4.33. The normalized spacial score (nSPS) is 13.8. The maximum absolute atomic E-state index is 13.9. The van der Waals surface area contributed by atoms with E-state index in [2.05, 4.69) is 17.1 Å². The SMILES string of the molecule is COc1ccc(-c2cc3sc4c(O)cccc4c3c(=O)n2Cc2cnco2)c(C2CC2)c1. The average molecular weight is 445 g/mol. The Balaban J connectivity index is 1.68.